The van der Waals surface area contributed by atoms with E-state index in [-0.39, 0.29) is 23.9 Å². The molecule has 34 heavy (non-hydrogen) atoms. The molecule has 1 aliphatic rings. The van der Waals surface area contributed by atoms with E-state index in [9.17, 15) is 18.8 Å². The highest BCUT2D eigenvalue weighted by Crippen LogP contribution is 2.32. The standard InChI is InChI=1S/C24H30FN5O4/c1-13(2)20(29-22(31)14(3)26-4)24(33)30-19(11-15-7-6-10-27-21(15)30)23(32)28-18-9-8-16(34-5)12-17(18)25/h6-10,12-14,19-20,26H,11H2,1-5H3,(H,28,32)(H,29,31)/t14-,19-,20-/m0/s1. The molecule has 0 saturated heterocycles. The fourth-order valence-corrected chi connectivity index (χ4v) is 3.73. The van der Waals surface area contributed by atoms with Crippen LogP contribution in [0, 0.1) is 11.7 Å². The van der Waals surface area contributed by atoms with Crippen LogP contribution in [0.3, 0.4) is 0 Å². The molecule has 2 heterocycles. The van der Waals surface area contributed by atoms with Gasteiger partial charge in [0.15, 0.2) is 0 Å². The molecule has 2 aromatic rings. The Kier molecular flexibility index (Phi) is 7.83. The van der Waals surface area contributed by atoms with Gasteiger partial charge in [-0.15, -0.1) is 0 Å². The highest BCUT2D eigenvalue weighted by atomic mass is 19.1. The van der Waals surface area contributed by atoms with Crippen molar-refractivity contribution in [3.05, 3.63) is 47.9 Å². The number of ether oxygens (including phenoxy) is 1. The summed E-state index contributed by atoms with van der Waals surface area (Å²) < 4.78 is 19.4. The van der Waals surface area contributed by atoms with Crippen molar-refractivity contribution < 1.29 is 23.5 Å². The second-order valence-electron chi connectivity index (χ2n) is 8.49. The topological polar surface area (TPSA) is 113 Å². The van der Waals surface area contributed by atoms with Crippen LogP contribution in [0.15, 0.2) is 36.5 Å². The fourth-order valence-electron chi connectivity index (χ4n) is 3.73. The quantitative estimate of drug-likeness (QED) is 0.542. The maximum atomic E-state index is 14.4. The normalized spacial score (nSPS) is 16.6. The van der Waals surface area contributed by atoms with Crippen molar-refractivity contribution >= 4 is 29.2 Å². The van der Waals surface area contributed by atoms with Crippen molar-refractivity contribution in [2.75, 3.05) is 24.4 Å². The zero-order valence-electron chi connectivity index (χ0n) is 19.9. The van der Waals surface area contributed by atoms with Crippen LogP contribution in [0.1, 0.15) is 26.3 Å². The monoisotopic (exact) mass is 471 g/mol. The number of hydrogen-bond acceptors (Lipinski definition) is 6. The van der Waals surface area contributed by atoms with E-state index in [0.29, 0.717) is 17.1 Å². The van der Waals surface area contributed by atoms with Gasteiger partial charge in [-0.1, -0.05) is 19.9 Å². The lowest BCUT2D eigenvalue weighted by molar-refractivity contribution is -0.130. The number of halogens is 1. The Morgan fingerprint density at radius 1 is 1.21 bits per heavy atom. The first-order valence-electron chi connectivity index (χ1n) is 11.1. The van der Waals surface area contributed by atoms with E-state index < -0.39 is 35.8 Å². The molecule has 0 unspecified atom stereocenters. The van der Waals surface area contributed by atoms with E-state index in [1.54, 1.807) is 26.1 Å². The van der Waals surface area contributed by atoms with Gasteiger partial charge < -0.3 is 20.7 Å². The summed E-state index contributed by atoms with van der Waals surface area (Å²) in [4.78, 5) is 45.1. The number of anilines is 2. The molecule has 0 radical (unpaired) electrons. The van der Waals surface area contributed by atoms with Crippen molar-refractivity contribution in [3.8, 4) is 5.75 Å². The van der Waals surface area contributed by atoms with Gasteiger partial charge in [-0.3, -0.25) is 19.3 Å². The molecule has 1 aliphatic heterocycles. The van der Waals surface area contributed by atoms with Crippen molar-refractivity contribution in [1.82, 2.24) is 15.6 Å². The Morgan fingerprint density at radius 2 is 1.94 bits per heavy atom. The number of carbonyl (C=O) groups excluding carboxylic acids is 3. The number of methoxy groups -OCH3 is 1. The molecule has 0 bridgehead atoms. The zero-order chi connectivity index (χ0) is 25.0. The van der Waals surface area contributed by atoms with Crippen LogP contribution in [0.25, 0.3) is 0 Å². The van der Waals surface area contributed by atoms with E-state index in [1.165, 1.54) is 30.3 Å². The first kappa shape index (κ1) is 25.1. The summed E-state index contributed by atoms with van der Waals surface area (Å²) in [6, 6.07) is 5.25. The summed E-state index contributed by atoms with van der Waals surface area (Å²) in [6.07, 6.45) is 1.75. The number of rotatable bonds is 8. The Bertz CT molecular complexity index is 1080. The lowest BCUT2D eigenvalue weighted by atomic mass is 10.0. The number of carbonyl (C=O) groups is 3. The van der Waals surface area contributed by atoms with Crippen LogP contribution in [-0.4, -0.2) is 55.0 Å². The maximum absolute atomic E-state index is 14.4. The molecule has 9 nitrogen and oxygen atoms in total. The third-order valence-electron chi connectivity index (χ3n) is 5.85. The van der Waals surface area contributed by atoms with Crippen molar-refractivity contribution in [2.24, 2.45) is 5.92 Å². The lowest BCUT2D eigenvalue weighted by Crippen LogP contribution is -2.57. The second kappa shape index (κ2) is 10.6. The van der Waals surface area contributed by atoms with Crippen LogP contribution < -0.4 is 25.6 Å². The summed E-state index contributed by atoms with van der Waals surface area (Å²) in [5, 5.41) is 8.19. The summed E-state index contributed by atoms with van der Waals surface area (Å²) in [5.41, 5.74) is 0.683. The fraction of sp³-hybridized carbons (Fsp3) is 0.417. The molecule has 3 N–H and O–H groups in total. The molecule has 182 valence electrons. The number of pyridine rings is 1. The number of hydrogen-bond donors (Lipinski definition) is 3. The largest absolute Gasteiger partial charge is 0.497 e. The smallest absolute Gasteiger partial charge is 0.251 e. The lowest BCUT2D eigenvalue weighted by Gasteiger charge is -2.31. The predicted molar refractivity (Wildman–Crippen MR) is 126 cm³/mol. The van der Waals surface area contributed by atoms with Crippen LogP contribution in [-0.2, 0) is 20.8 Å². The molecule has 1 aromatic heterocycles. The van der Waals surface area contributed by atoms with Crippen LogP contribution in [0.2, 0.25) is 0 Å². The number of likely N-dealkylation sites (N-methyl/N-ethyl adjacent to an activating group) is 1. The van der Waals surface area contributed by atoms with Gasteiger partial charge in [0.1, 0.15) is 29.5 Å². The van der Waals surface area contributed by atoms with E-state index in [2.05, 4.69) is 20.9 Å². The predicted octanol–water partition coefficient (Wildman–Crippen LogP) is 1.87. The Morgan fingerprint density at radius 3 is 2.56 bits per heavy atom. The van der Waals surface area contributed by atoms with Gasteiger partial charge in [-0.25, -0.2) is 9.37 Å². The molecule has 0 spiro atoms. The molecular formula is C24H30FN5O4. The minimum absolute atomic E-state index is 0.0290. The third kappa shape index (κ3) is 5.17. The van der Waals surface area contributed by atoms with E-state index in [0.717, 1.165) is 6.07 Å². The number of aromatic nitrogens is 1. The van der Waals surface area contributed by atoms with Gasteiger partial charge in [-0.05, 0) is 43.7 Å². The van der Waals surface area contributed by atoms with Crippen molar-refractivity contribution in [2.45, 2.75) is 45.3 Å². The van der Waals surface area contributed by atoms with Crippen molar-refractivity contribution in [1.29, 1.82) is 0 Å². The van der Waals surface area contributed by atoms with Gasteiger partial charge in [0, 0.05) is 18.7 Å². The number of fused-ring (bicyclic) bond motifs is 1. The Labute approximate surface area is 198 Å². The van der Waals surface area contributed by atoms with E-state index in [4.69, 9.17) is 4.74 Å². The minimum atomic E-state index is -0.959. The van der Waals surface area contributed by atoms with Crippen LogP contribution in [0.4, 0.5) is 15.9 Å². The molecular weight excluding hydrogens is 441 g/mol. The summed E-state index contributed by atoms with van der Waals surface area (Å²) >= 11 is 0. The molecule has 3 atom stereocenters. The summed E-state index contributed by atoms with van der Waals surface area (Å²) in [7, 11) is 3.07. The second-order valence-corrected chi connectivity index (χ2v) is 8.49. The van der Waals surface area contributed by atoms with Crippen LogP contribution in [0.5, 0.6) is 5.75 Å². The number of amides is 3. The molecule has 0 saturated carbocycles. The maximum Gasteiger partial charge on any atom is 0.251 e. The zero-order valence-corrected chi connectivity index (χ0v) is 19.9. The first-order chi connectivity index (χ1) is 16.2. The van der Waals surface area contributed by atoms with Gasteiger partial charge in [0.25, 0.3) is 5.91 Å². The first-order valence-corrected chi connectivity index (χ1v) is 11.1. The van der Waals surface area contributed by atoms with Gasteiger partial charge in [0.05, 0.1) is 18.8 Å². The highest BCUT2D eigenvalue weighted by Gasteiger charge is 2.43. The van der Waals surface area contributed by atoms with Crippen molar-refractivity contribution in [3.63, 3.8) is 0 Å². The molecule has 10 heteroatoms. The number of benzene rings is 1. The molecule has 1 aromatic carbocycles. The molecule has 3 amide bonds. The van der Waals surface area contributed by atoms with Gasteiger partial charge in [0.2, 0.25) is 11.8 Å². The van der Waals surface area contributed by atoms with E-state index >= 15 is 0 Å². The SMILES string of the molecule is CN[C@@H](C)C(=O)N[C@H](C(=O)N1c2ncccc2C[C@H]1C(=O)Nc1ccc(OC)cc1F)C(C)C. The summed E-state index contributed by atoms with van der Waals surface area (Å²) in [6.45, 7) is 5.30. The molecule has 0 aliphatic carbocycles. The van der Waals surface area contributed by atoms with Crippen LogP contribution >= 0.6 is 0 Å². The van der Waals surface area contributed by atoms with E-state index in [1.807, 2.05) is 13.8 Å². The van der Waals surface area contributed by atoms with Gasteiger partial charge in [-0.2, -0.15) is 0 Å². The molecule has 0 fully saturated rings. The van der Waals surface area contributed by atoms with Gasteiger partial charge >= 0.3 is 0 Å². The third-order valence-corrected chi connectivity index (χ3v) is 5.85. The minimum Gasteiger partial charge on any atom is -0.497 e. The summed E-state index contributed by atoms with van der Waals surface area (Å²) in [5.74, 6) is -1.60. The Balaban J connectivity index is 1.91. The number of nitrogens with zero attached hydrogens (tertiary/aromatic N) is 2. The Hall–Kier alpha value is -3.53. The highest BCUT2D eigenvalue weighted by molar-refractivity contribution is 6.09. The average molecular weight is 472 g/mol. The number of nitrogens with one attached hydrogen (secondary N) is 3. The molecule has 3 rings (SSSR count). The average Bonchev–Trinajstić information content (AvgIpc) is 3.22.